The zero-order valence-electron chi connectivity index (χ0n) is 14.7. The van der Waals surface area contributed by atoms with Gasteiger partial charge in [0.05, 0.1) is 12.2 Å². The molecule has 3 aliphatic rings. The second-order valence-electron chi connectivity index (χ2n) is 7.62. The molecule has 3 aliphatic heterocycles. The van der Waals surface area contributed by atoms with Gasteiger partial charge in [-0.05, 0) is 49.4 Å². The van der Waals surface area contributed by atoms with E-state index in [4.69, 9.17) is 10.5 Å². The molecular formula is C19H27N3O2. The van der Waals surface area contributed by atoms with Crippen LogP contribution in [0.5, 0.6) is 0 Å². The smallest absolute Gasteiger partial charge is 0.224 e. The lowest BCUT2D eigenvalue weighted by molar-refractivity contribution is -0.117. The number of nitrogens with zero attached hydrogens (tertiary/aromatic N) is 2. The number of nitrogens with two attached hydrogens (primary N) is 1. The second kappa shape index (κ2) is 5.74. The number of hydrogen-bond acceptors (Lipinski definition) is 4. The minimum atomic E-state index is -0.0386. The Morgan fingerprint density at radius 2 is 1.88 bits per heavy atom. The molecule has 2 fully saturated rings. The number of benzene rings is 1. The first-order valence-corrected chi connectivity index (χ1v) is 9.05. The van der Waals surface area contributed by atoms with E-state index in [1.807, 2.05) is 4.90 Å². The molecule has 5 nitrogen and oxygen atoms in total. The average Bonchev–Trinajstić information content (AvgIpc) is 2.90. The monoisotopic (exact) mass is 329 g/mol. The topological polar surface area (TPSA) is 58.8 Å². The molecule has 130 valence electrons. The van der Waals surface area contributed by atoms with E-state index in [0.717, 1.165) is 37.2 Å². The van der Waals surface area contributed by atoms with Crippen molar-refractivity contribution < 1.29 is 9.53 Å². The molecule has 4 rings (SSSR count). The predicted molar refractivity (Wildman–Crippen MR) is 95.3 cm³/mol. The maximum atomic E-state index is 12.2. The summed E-state index contributed by atoms with van der Waals surface area (Å²) in [6, 6.07) is 6.49. The molecule has 2 bridgehead atoms. The molecule has 1 amide bonds. The Bertz CT molecular complexity index is 650. The summed E-state index contributed by atoms with van der Waals surface area (Å²) in [6.07, 6.45) is 3.05. The van der Waals surface area contributed by atoms with E-state index in [1.54, 1.807) is 6.92 Å². The van der Waals surface area contributed by atoms with Crippen LogP contribution in [0.15, 0.2) is 18.2 Å². The minimum Gasteiger partial charge on any atom is -0.371 e. The highest BCUT2D eigenvalue weighted by Gasteiger charge is 2.38. The van der Waals surface area contributed by atoms with Gasteiger partial charge in [0.15, 0.2) is 0 Å². The summed E-state index contributed by atoms with van der Waals surface area (Å²) >= 11 is 0. The van der Waals surface area contributed by atoms with E-state index in [1.165, 1.54) is 5.69 Å². The molecule has 5 heteroatoms. The first-order valence-electron chi connectivity index (χ1n) is 9.05. The van der Waals surface area contributed by atoms with E-state index < -0.39 is 0 Å². The summed E-state index contributed by atoms with van der Waals surface area (Å²) in [7, 11) is 0. The number of morpholine rings is 1. The van der Waals surface area contributed by atoms with Crippen molar-refractivity contribution in [3.63, 3.8) is 0 Å². The van der Waals surface area contributed by atoms with Gasteiger partial charge in [0.25, 0.3) is 0 Å². The number of ether oxygens (including phenoxy) is 1. The molecule has 2 N–H and O–H groups in total. The van der Waals surface area contributed by atoms with Crippen molar-refractivity contribution in [2.75, 3.05) is 22.9 Å². The molecular weight excluding hydrogens is 302 g/mol. The third kappa shape index (κ3) is 2.42. The highest BCUT2D eigenvalue weighted by molar-refractivity contribution is 5.94. The quantitative estimate of drug-likeness (QED) is 0.860. The molecule has 0 spiro atoms. The second-order valence-corrected chi connectivity index (χ2v) is 7.62. The van der Waals surface area contributed by atoms with Crippen molar-refractivity contribution in [1.29, 1.82) is 0 Å². The third-order valence-corrected chi connectivity index (χ3v) is 6.11. The van der Waals surface area contributed by atoms with E-state index in [2.05, 4.69) is 36.9 Å². The summed E-state index contributed by atoms with van der Waals surface area (Å²) in [5, 5.41) is 0. The largest absolute Gasteiger partial charge is 0.371 e. The highest BCUT2D eigenvalue weighted by Crippen LogP contribution is 2.42. The Morgan fingerprint density at radius 3 is 2.50 bits per heavy atom. The average molecular weight is 329 g/mol. The molecule has 2 saturated heterocycles. The van der Waals surface area contributed by atoms with Crippen LogP contribution < -0.4 is 15.5 Å². The van der Waals surface area contributed by atoms with Gasteiger partial charge >= 0.3 is 0 Å². The number of hydrogen-bond donors (Lipinski definition) is 1. The molecule has 0 saturated carbocycles. The third-order valence-electron chi connectivity index (χ3n) is 6.11. The van der Waals surface area contributed by atoms with E-state index in [-0.39, 0.29) is 23.9 Å². The van der Waals surface area contributed by atoms with Gasteiger partial charge in [0.1, 0.15) is 0 Å². The van der Waals surface area contributed by atoms with Crippen molar-refractivity contribution in [2.45, 2.75) is 57.9 Å². The number of carbonyl (C=O) groups excluding carboxylic acids is 1. The van der Waals surface area contributed by atoms with Crippen LogP contribution in [0.1, 0.15) is 45.2 Å². The molecule has 1 unspecified atom stereocenters. The van der Waals surface area contributed by atoms with E-state index >= 15 is 0 Å². The Hall–Kier alpha value is -1.59. The molecule has 0 aromatic heterocycles. The lowest BCUT2D eigenvalue weighted by Crippen LogP contribution is -2.49. The first kappa shape index (κ1) is 15.9. The lowest BCUT2D eigenvalue weighted by atomic mass is 9.83. The van der Waals surface area contributed by atoms with E-state index in [9.17, 15) is 4.79 Å². The van der Waals surface area contributed by atoms with E-state index in [0.29, 0.717) is 12.2 Å². The Labute approximate surface area is 143 Å². The molecule has 24 heavy (non-hydrogen) atoms. The van der Waals surface area contributed by atoms with Crippen LogP contribution in [0.2, 0.25) is 0 Å². The molecule has 0 aliphatic carbocycles. The van der Waals surface area contributed by atoms with Crippen LogP contribution in [-0.4, -0.2) is 37.2 Å². The van der Waals surface area contributed by atoms with Gasteiger partial charge in [-0.15, -0.1) is 0 Å². The van der Waals surface area contributed by atoms with Crippen LogP contribution >= 0.6 is 0 Å². The summed E-state index contributed by atoms with van der Waals surface area (Å²) in [5.74, 6) is 0.317. The van der Waals surface area contributed by atoms with Gasteiger partial charge in [0.2, 0.25) is 5.91 Å². The predicted octanol–water partition coefficient (Wildman–Crippen LogP) is 2.45. The fraction of sp³-hybridized carbons (Fsp3) is 0.632. The summed E-state index contributed by atoms with van der Waals surface area (Å²) in [4.78, 5) is 16.5. The zero-order chi connectivity index (χ0) is 17.0. The van der Waals surface area contributed by atoms with Crippen LogP contribution in [0.25, 0.3) is 0 Å². The number of amides is 1. The minimum absolute atomic E-state index is 0.0386. The summed E-state index contributed by atoms with van der Waals surface area (Å²) in [5.41, 5.74) is 9.79. The van der Waals surface area contributed by atoms with Crippen molar-refractivity contribution >= 4 is 17.3 Å². The summed E-state index contributed by atoms with van der Waals surface area (Å²) in [6.45, 7) is 7.76. The molecule has 5 atom stereocenters. The zero-order valence-corrected chi connectivity index (χ0v) is 14.7. The van der Waals surface area contributed by atoms with Crippen LogP contribution in [0, 0.1) is 5.92 Å². The van der Waals surface area contributed by atoms with Crippen molar-refractivity contribution in [3.8, 4) is 0 Å². The highest BCUT2D eigenvalue weighted by atomic mass is 16.5. The van der Waals surface area contributed by atoms with Crippen LogP contribution in [-0.2, 0) is 9.53 Å². The number of rotatable bonds is 1. The molecule has 3 heterocycles. The lowest BCUT2D eigenvalue weighted by Gasteiger charge is -2.43. The van der Waals surface area contributed by atoms with Crippen molar-refractivity contribution in [1.82, 2.24) is 0 Å². The normalized spacial score (nSPS) is 35.1. The van der Waals surface area contributed by atoms with Crippen molar-refractivity contribution in [3.05, 3.63) is 23.8 Å². The fourth-order valence-electron chi connectivity index (χ4n) is 4.54. The van der Waals surface area contributed by atoms with Crippen LogP contribution in [0.3, 0.4) is 0 Å². The molecule has 1 aromatic rings. The number of anilines is 2. The van der Waals surface area contributed by atoms with Crippen LogP contribution in [0.4, 0.5) is 11.4 Å². The van der Waals surface area contributed by atoms with Gasteiger partial charge in [0, 0.05) is 43.5 Å². The fourth-order valence-corrected chi connectivity index (χ4v) is 4.54. The van der Waals surface area contributed by atoms with Gasteiger partial charge in [-0.2, -0.15) is 0 Å². The van der Waals surface area contributed by atoms with Gasteiger partial charge < -0.3 is 20.3 Å². The van der Waals surface area contributed by atoms with Gasteiger partial charge in [-0.1, -0.05) is 6.92 Å². The van der Waals surface area contributed by atoms with Gasteiger partial charge in [-0.25, -0.2) is 0 Å². The Balaban J connectivity index is 1.70. The molecule has 1 aromatic carbocycles. The Morgan fingerprint density at radius 1 is 1.21 bits per heavy atom. The van der Waals surface area contributed by atoms with Crippen molar-refractivity contribution in [2.24, 2.45) is 11.7 Å². The standard InChI is InChI=1S/C19H27N3O2/c1-11-12(2)22(13(3)23)18-7-4-14(8-17(18)19(11)20)21-9-15-5-6-16(10-21)24-15/h4,7-8,11-12,15-16,19H,5-6,9-10,20H2,1-3H3/t11?,12-,15-,16+,19+/m0/s1. The SMILES string of the molecule is CC(=O)N1c2ccc(N3C[C@H]4CC[C@@H](C3)O4)cc2[C@H](N)C(C)[C@@H]1C. The number of fused-ring (bicyclic) bond motifs is 3. The molecule has 0 radical (unpaired) electrons. The number of carbonyl (C=O) groups is 1. The van der Waals surface area contributed by atoms with Gasteiger partial charge in [-0.3, -0.25) is 4.79 Å². The maximum Gasteiger partial charge on any atom is 0.224 e. The first-order chi connectivity index (χ1) is 11.5. The Kier molecular flexibility index (Phi) is 3.81. The summed E-state index contributed by atoms with van der Waals surface area (Å²) < 4.78 is 5.94. The maximum absolute atomic E-state index is 12.2.